The molecule has 324 valence electrons. The van der Waals surface area contributed by atoms with Gasteiger partial charge in [-0.05, 0) is 140 Å². The molecule has 0 saturated carbocycles. The fraction of sp³-hybridized carbons (Fsp3) is 0.267. The zero-order chi connectivity index (χ0) is 45.3. The Hall–Kier alpha value is -6.04. The van der Waals surface area contributed by atoms with Crippen molar-refractivity contribution in [2.45, 2.75) is 105 Å². The van der Waals surface area contributed by atoms with E-state index in [0.29, 0.717) is 5.92 Å². The third kappa shape index (κ3) is 6.59. The second-order valence-electron chi connectivity index (χ2n) is 21.6. The molecule has 65 heavy (non-hydrogen) atoms. The molecule has 7 aromatic carbocycles. The minimum Gasteiger partial charge on any atom is -0.456 e. The smallest absolute Gasteiger partial charge is 0.264 e. The van der Waals surface area contributed by atoms with Crippen molar-refractivity contribution in [1.29, 1.82) is 0 Å². The van der Waals surface area contributed by atoms with E-state index in [0.717, 1.165) is 28.4 Å². The Morgan fingerprint density at radius 3 is 1.95 bits per heavy atom. The summed E-state index contributed by atoms with van der Waals surface area (Å²) >= 11 is 1.98. The second kappa shape index (κ2) is 14.7. The SMILES string of the molecule is CCC(C)(C)c1ccc2c(c1)B1c3sc4ccc(C(C)(C)C)cc4c3N(c3ccc(C(C)C)cc3)c3cccc(c31)N2c1ccc(C(C)(C)C)cc1-c1ccc2oc3ccccc3c2c1. The zero-order valence-electron chi connectivity index (χ0n) is 39.9. The van der Waals surface area contributed by atoms with E-state index in [1.807, 2.05) is 11.3 Å². The van der Waals surface area contributed by atoms with Crippen LogP contribution in [0.1, 0.15) is 111 Å². The van der Waals surface area contributed by atoms with Gasteiger partial charge in [0.05, 0.1) is 11.4 Å². The van der Waals surface area contributed by atoms with Crippen molar-refractivity contribution in [3.8, 4) is 11.1 Å². The molecule has 2 aliphatic rings. The summed E-state index contributed by atoms with van der Waals surface area (Å²) < 4.78 is 9.12. The summed E-state index contributed by atoms with van der Waals surface area (Å²) in [5.41, 5.74) is 19.7. The number of thiophene rings is 1. The van der Waals surface area contributed by atoms with Gasteiger partial charge < -0.3 is 14.2 Å². The highest BCUT2D eigenvalue weighted by Crippen LogP contribution is 2.51. The summed E-state index contributed by atoms with van der Waals surface area (Å²) in [7, 11) is 0. The molecule has 0 spiro atoms. The highest BCUT2D eigenvalue weighted by molar-refractivity contribution is 7.33. The van der Waals surface area contributed by atoms with E-state index >= 15 is 0 Å². The van der Waals surface area contributed by atoms with Gasteiger partial charge in [-0.15, -0.1) is 11.3 Å². The number of rotatable bonds is 6. The molecule has 0 atom stereocenters. The average Bonchev–Trinajstić information content (AvgIpc) is 3.86. The van der Waals surface area contributed by atoms with Crippen molar-refractivity contribution in [2.24, 2.45) is 0 Å². The molecule has 0 bridgehead atoms. The number of hydrogen-bond donors (Lipinski definition) is 0. The molecule has 0 amide bonds. The Kier molecular flexibility index (Phi) is 9.45. The van der Waals surface area contributed by atoms with Crippen LogP contribution < -0.4 is 25.5 Å². The Balaban J connectivity index is 1.23. The summed E-state index contributed by atoms with van der Waals surface area (Å²) in [6.45, 7) is 25.7. The molecule has 2 aromatic heterocycles. The molecule has 0 radical (unpaired) electrons. The fourth-order valence-corrected chi connectivity index (χ4v) is 11.7. The van der Waals surface area contributed by atoms with Crippen molar-refractivity contribution in [3.63, 3.8) is 0 Å². The first-order chi connectivity index (χ1) is 31.0. The van der Waals surface area contributed by atoms with Gasteiger partial charge in [-0.2, -0.15) is 0 Å². The van der Waals surface area contributed by atoms with Crippen LogP contribution in [0.5, 0.6) is 0 Å². The van der Waals surface area contributed by atoms with Gasteiger partial charge in [0, 0.05) is 53.9 Å². The molecule has 0 saturated heterocycles. The van der Waals surface area contributed by atoms with Gasteiger partial charge in [-0.3, -0.25) is 0 Å². The molecule has 0 unspecified atom stereocenters. The Morgan fingerprint density at radius 1 is 0.569 bits per heavy atom. The standard InChI is InChI=1S/C60H59BN2OS/c1-12-60(10,11)41-24-29-49-47(35-41)61-55-50(62(42-26-20-37(21-27-42)36(2)3)56-46-34-40(59(7,8)9)25-31-54(46)65-57(56)61)17-15-18-51(55)63(49)48-28-23-39(58(4,5)6)33-44(48)38-22-30-53-45(32-38)43-16-13-14-19-52(43)64-53/h13-36H,12H2,1-11H3. The van der Waals surface area contributed by atoms with E-state index in [9.17, 15) is 0 Å². The van der Waals surface area contributed by atoms with E-state index < -0.39 is 0 Å². The molecule has 4 heterocycles. The van der Waals surface area contributed by atoms with Gasteiger partial charge in [0.1, 0.15) is 11.2 Å². The normalized spacial score (nSPS) is 13.9. The van der Waals surface area contributed by atoms with Crippen molar-refractivity contribution in [1.82, 2.24) is 0 Å². The minimum atomic E-state index is -0.0484. The lowest BCUT2D eigenvalue weighted by atomic mass is 9.36. The van der Waals surface area contributed by atoms with Gasteiger partial charge in [0.25, 0.3) is 6.71 Å². The van der Waals surface area contributed by atoms with E-state index in [4.69, 9.17) is 4.42 Å². The Morgan fingerprint density at radius 2 is 1.23 bits per heavy atom. The summed E-state index contributed by atoms with van der Waals surface area (Å²) in [6, 6.07) is 53.5. The van der Waals surface area contributed by atoms with Gasteiger partial charge in [0.2, 0.25) is 0 Å². The molecule has 0 N–H and O–H groups in total. The third-order valence-corrected chi connectivity index (χ3v) is 15.9. The molecule has 11 rings (SSSR count). The van der Waals surface area contributed by atoms with Gasteiger partial charge in [-0.25, -0.2) is 0 Å². The van der Waals surface area contributed by atoms with E-state index in [-0.39, 0.29) is 23.0 Å². The fourth-order valence-electron chi connectivity index (χ4n) is 10.4. The number of furan rings is 1. The zero-order valence-corrected chi connectivity index (χ0v) is 40.7. The van der Waals surface area contributed by atoms with Crippen LogP contribution in [0, 0.1) is 0 Å². The first-order valence-corrected chi connectivity index (χ1v) is 24.4. The van der Waals surface area contributed by atoms with Crippen molar-refractivity contribution < 1.29 is 4.42 Å². The molecule has 2 aliphatic heterocycles. The number of benzene rings is 7. The highest BCUT2D eigenvalue weighted by Gasteiger charge is 2.46. The van der Waals surface area contributed by atoms with E-state index in [1.54, 1.807) is 0 Å². The number of nitrogens with zero attached hydrogens (tertiary/aromatic N) is 2. The molecule has 3 nitrogen and oxygen atoms in total. The van der Waals surface area contributed by atoms with Crippen molar-refractivity contribution in [2.75, 3.05) is 9.80 Å². The average molecular weight is 867 g/mol. The van der Waals surface area contributed by atoms with Crippen LogP contribution in [-0.4, -0.2) is 6.71 Å². The van der Waals surface area contributed by atoms with E-state index in [2.05, 4.69) is 225 Å². The second-order valence-corrected chi connectivity index (χ2v) is 22.7. The summed E-state index contributed by atoms with van der Waals surface area (Å²) in [5.74, 6) is 0.449. The summed E-state index contributed by atoms with van der Waals surface area (Å²) in [5, 5.41) is 3.61. The minimum absolute atomic E-state index is 0.00537. The van der Waals surface area contributed by atoms with Crippen molar-refractivity contribution in [3.05, 3.63) is 162 Å². The molecular formula is C60H59BN2OS. The number of hydrogen-bond acceptors (Lipinski definition) is 4. The Labute approximate surface area is 389 Å². The lowest BCUT2D eigenvalue weighted by Crippen LogP contribution is -2.60. The summed E-state index contributed by atoms with van der Waals surface area (Å²) in [4.78, 5) is 5.20. The lowest BCUT2D eigenvalue weighted by Gasteiger charge is -2.44. The van der Waals surface area contributed by atoms with Crippen LogP contribution >= 0.6 is 11.3 Å². The predicted molar refractivity (Wildman–Crippen MR) is 283 cm³/mol. The number of para-hydroxylation sites is 1. The maximum atomic E-state index is 6.38. The quantitative estimate of drug-likeness (QED) is 0.155. The number of anilines is 6. The van der Waals surface area contributed by atoms with Gasteiger partial charge in [-0.1, -0.05) is 143 Å². The Bertz CT molecular complexity index is 3350. The molecule has 0 aliphatic carbocycles. The molecule has 0 fully saturated rings. The molecular weight excluding hydrogens is 808 g/mol. The van der Waals surface area contributed by atoms with Crippen LogP contribution in [0.4, 0.5) is 34.1 Å². The molecule has 5 heteroatoms. The maximum Gasteiger partial charge on any atom is 0.264 e. The lowest BCUT2D eigenvalue weighted by molar-refractivity contribution is 0.506. The van der Waals surface area contributed by atoms with Crippen LogP contribution in [0.25, 0.3) is 43.2 Å². The molecule has 9 aromatic rings. The topological polar surface area (TPSA) is 19.6 Å². The highest BCUT2D eigenvalue weighted by atomic mass is 32.1. The van der Waals surface area contributed by atoms with Crippen molar-refractivity contribution >= 4 is 99.9 Å². The monoisotopic (exact) mass is 866 g/mol. The first kappa shape index (κ1) is 41.7. The van der Waals surface area contributed by atoms with E-state index in [1.165, 1.54) is 93.3 Å². The van der Waals surface area contributed by atoms with Gasteiger partial charge >= 0.3 is 0 Å². The maximum absolute atomic E-state index is 6.38. The third-order valence-electron chi connectivity index (χ3n) is 14.7. The predicted octanol–water partition coefficient (Wildman–Crippen LogP) is 16.0. The van der Waals surface area contributed by atoms with Crippen LogP contribution in [0.2, 0.25) is 0 Å². The van der Waals surface area contributed by atoms with Gasteiger partial charge in [0.15, 0.2) is 0 Å². The van der Waals surface area contributed by atoms with Crippen LogP contribution in [0.15, 0.2) is 144 Å². The summed E-state index contributed by atoms with van der Waals surface area (Å²) in [6.07, 6.45) is 1.05. The largest absolute Gasteiger partial charge is 0.456 e. The number of fused-ring (bicyclic) bond motifs is 9. The first-order valence-electron chi connectivity index (χ1n) is 23.6. The van der Waals surface area contributed by atoms with Crippen LogP contribution in [-0.2, 0) is 16.2 Å². The van der Waals surface area contributed by atoms with Crippen LogP contribution in [0.3, 0.4) is 0 Å².